The summed E-state index contributed by atoms with van der Waals surface area (Å²) < 4.78 is 40.1. The van der Waals surface area contributed by atoms with Gasteiger partial charge in [-0.2, -0.15) is 4.99 Å². The Labute approximate surface area is 218 Å². The van der Waals surface area contributed by atoms with Crippen molar-refractivity contribution in [3.05, 3.63) is 83.2 Å². The predicted octanol–water partition coefficient (Wildman–Crippen LogP) is 3.84. The lowest BCUT2D eigenvalue weighted by molar-refractivity contribution is -0.141. The standard InChI is InChI=1S/C26H25N3O6S2/c1-4-35-21-11-8-12-22-24(21)29(17-23(30)34-3)26(36-22)27-25(31)18-13-15-20(16-14-18)37(32,33)28(2)19-9-6-5-7-10-19/h5-16H,4,17H2,1-3H3. The van der Waals surface area contributed by atoms with Crippen LogP contribution >= 0.6 is 11.3 Å². The van der Waals surface area contributed by atoms with Gasteiger partial charge in [-0.3, -0.25) is 13.9 Å². The van der Waals surface area contributed by atoms with Crippen LogP contribution in [0.1, 0.15) is 17.3 Å². The van der Waals surface area contributed by atoms with E-state index in [-0.39, 0.29) is 21.8 Å². The van der Waals surface area contributed by atoms with Gasteiger partial charge in [-0.1, -0.05) is 35.6 Å². The summed E-state index contributed by atoms with van der Waals surface area (Å²) in [5.41, 5.74) is 1.36. The number of fused-ring (bicyclic) bond motifs is 1. The largest absolute Gasteiger partial charge is 0.492 e. The van der Waals surface area contributed by atoms with E-state index in [4.69, 9.17) is 9.47 Å². The summed E-state index contributed by atoms with van der Waals surface area (Å²) in [7, 11) is -1.07. The number of anilines is 1. The van der Waals surface area contributed by atoms with Crippen molar-refractivity contribution in [2.45, 2.75) is 18.4 Å². The van der Waals surface area contributed by atoms with Crippen molar-refractivity contribution in [2.75, 3.05) is 25.1 Å². The fraction of sp³-hybridized carbons (Fsp3) is 0.192. The van der Waals surface area contributed by atoms with Gasteiger partial charge in [-0.25, -0.2) is 8.42 Å². The quantitative estimate of drug-likeness (QED) is 0.315. The molecule has 0 N–H and O–H groups in total. The number of aromatic nitrogens is 1. The van der Waals surface area contributed by atoms with E-state index in [9.17, 15) is 18.0 Å². The zero-order valence-electron chi connectivity index (χ0n) is 20.5. The van der Waals surface area contributed by atoms with Crippen LogP contribution in [0.5, 0.6) is 5.75 Å². The zero-order valence-corrected chi connectivity index (χ0v) is 22.1. The summed E-state index contributed by atoms with van der Waals surface area (Å²) in [5, 5.41) is 0. The molecule has 4 rings (SSSR count). The topological polar surface area (TPSA) is 107 Å². The Morgan fingerprint density at radius 1 is 1.00 bits per heavy atom. The highest BCUT2D eigenvalue weighted by atomic mass is 32.2. The summed E-state index contributed by atoms with van der Waals surface area (Å²) in [5.74, 6) is -0.522. The second kappa shape index (κ2) is 11.0. The van der Waals surface area contributed by atoms with E-state index < -0.39 is 21.9 Å². The van der Waals surface area contributed by atoms with Crippen molar-refractivity contribution in [1.82, 2.24) is 4.57 Å². The highest BCUT2D eigenvalue weighted by Crippen LogP contribution is 2.28. The van der Waals surface area contributed by atoms with Crippen LogP contribution in [0.4, 0.5) is 5.69 Å². The number of para-hydroxylation sites is 2. The second-order valence-electron chi connectivity index (χ2n) is 7.83. The molecule has 1 aromatic heterocycles. The Morgan fingerprint density at radius 2 is 1.70 bits per heavy atom. The van der Waals surface area contributed by atoms with Gasteiger partial charge in [0.25, 0.3) is 15.9 Å². The van der Waals surface area contributed by atoms with E-state index >= 15 is 0 Å². The molecular formula is C26H25N3O6S2. The van der Waals surface area contributed by atoms with Gasteiger partial charge < -0.3 is 14.0 Å². The number of esters is 1. The molecule has 1 heterocycles. The third-order valence-electron chi connectivity index (χ3n) is 5.56. The number of sulfonamides is 1. The molecule has 37 heavy (non-hydrogen) atoms. The minimum atomic E-state index is -3.82. The van der Waals surface area contributed by atoms with Gasteiger partial charge in [0.1, 0.15) is 17.8 Å². The van der Waals surface area contributed by atoms with Crippen LogP contribution in [0.15, 0.2) is 82.7 Å². The van der Waals surface area contributed by atoms with E-state index in [1.807, 2.05) is 19.1 Å². The van der Waals surface area contributed by atoms with Gasteiger partial charge in [0.05, 0.1) is 29.0 Å². The number of nitrogens with zero attached hydrogens (tertiary/aromatic N) is 3. The third kappa shape index (κ3) is 5.42. The van der Waals surface area contributed by atoms with Crippen LogP contribution in [-0.4, -0.2) is 45.6 Å². The maximum atomic E-state index is 13.0. The van der Waals surface area contributed by atoms with Crippen molar-refractivity contribution in [3.8, 4) is 5.75 Å². The van der Waals surface area contributed by atoms with E-state index in [1.54, 1.807) is 41.0 Å². The number of ether oxygens (including phenoxy) is 2. The monoisotopic (exact) mass is 539 g/mol. The molecule has 3 aromatic carbocycles. The molecule has 0 aliphatic carbocycles. The molecule has 0 aliphatic heterocycles. The number of rotatable bonds is 8. The molecule has 0 fully saturated rings. The van der Waals surface area contributed by atoms with Gasteiger partial charge in [0, 0.05) is 12.6 Å². The SMILES string of the molecule is CCOc1cccc2sc(=NC(=O)c3ccc(S(=O)(=O)N(C)c4ccccc4)cc3)n(CC(=O)OC)c12. The molecule has 0 spiro atoms. The molecule has 0 saturated heterocycles. The highest BCUT2D eigenvalue weighted by molar-refractivity contribution is 7.92. The number of methoxy groups -OCH3 is 1. The van der Waals surface area contributed by atoms with Crippen LogP contribution in [0.25, 0.3) is 10.2 Å². The highest BCUT2D eigenvalue weighted by Gasteiger charge is 2.22. The molecule has 0 unspecified atom stereocenters. The smallest absolute Gasteiger partial charge is 0.325 e. The van der Waals surface area contributed by atoms with E-state index in [0.717, 1.165) is 4.70 Å². The fourth-order valence-electron chi connectivity index (χ4n) is 3.65. The maximum absolute atomic E-state index is 13.0. The molecule has 9 nitrogen and oxygen atoms in total. The van der Waals surface area contributed by atoms with Crippen LogP contribution in [0, 0.1) is 0 Å². The number of amides is 1. The number of hydrogen-bond acceptors (Lipinski definition) is 7. The molecule has 1 amide bonds. The van der Waals surface area contributed by atoms with Crippen LogP contribution in [0.3, 0.4) is 0 Å². The minimum Gasteiger partial charge on any atom is -0.492 e. The first-order valence-electron chi connectivity index (χ1n) is 11.3. The van der Waals surface area contributed by atoms with E-state index in [2.05, 4.69) is 4.99 Å². The van der Waals surface area contributed by atoms with Crippen LogP contribution < -0.4 is 13.8 Å². The van der Waals surface area contributed by atoms with Gasteiger partial charge >= 0.3 is 5.97 Å². The molecule has 0 saturated carbocycles. The normalized spacial score (nSPS) is 11.9. The lowest BCUT2D eigenvalue weighted by atomic mass is 10.2. The van der Waals surface area contributed by atoms with Crippen molar-refractivity contribution >= 4 is 49.1 Å². The first-order valence-corrected chi connectivity index (χ1v) is 13.6. The summed E-state index contributed by atoms with van der Waals surface area (Å²) in [6.45, 7) is 2.12. The molecule has 4 aromatic rings. The summed E-state index contributed by atoms with van der Waals surface area (Å²) in [6, 6.07) is 19.7. The number of carbonyl (C=O) groups excluding carboxylic acids is 2. The van der Waals surface area contributed by atoms with Crippen molar-refractivity contribution in [1.29, 1.82) is 0 Å². The third-order valence-corrected chi connectivity index (χ3v) is 8.40. The second-order valence-corrected chi connectivity index (χ2v) is 10.8. The molecule has 11 heteroatoms. The average molecular weight is 540 g/mol. The Bertz CT molecular complexity index is 1610. The van der Waals surface area contributed by atoms with Crippen LogP contribution in [-0.2, 0) is 26.1 Å². The Hall–Kier alpha value is -3.96. The molecule has 192 valence electrons. The zero-order chi connectivity index (χ0) is 26.6. The maximum Gasteiger partial charge on any atom is 0.325 e. The number of carbonyl (C=O) groups is 2. The van der Waals surface area contributed by atoms with Crippen molar-refractivity contribution in [2.24, 2.45) is 4.99 Å². The van der Waals surface area contributed by atoms with E-state index in [0.29, 0.717) is 23.6 Å². The fourth-order valence-corrected chi connectivity index (χ4v) is 5.89. The van der Waals surface area contributed by atoms with Gasteiger partial charge in [0.15, 0.2) is 4.80 Å². The first kappa shape index (κ1) is 26.1. The van der Waals surface area contributed by atoms with Crippen molar-refractivity contribution in [3.63, 3.8) is 0 Å². The Morgan fingerprint density at radius 3 is 2.35 bits per heavy atom. The number of benzene rings is 3. The predicted molar refractivity (Wildman–Crippen MR) is 141 cm³/mol. The lowest BCUT2D eigenvalue weighted by Crippen LogP contribution is -2.26. The average Bonchev–Trinajstić information content (AvgIpc) is 3.26. The van der Waals surface area contributed by atoms with Crippen LogP contribution in [0.2, 0.25) is 0 Å². The summed E-state index contributed by atoms with van der Waals surface area (Å²) >= 11 is 1.23. The molecule has 0 radical (unpaired) electrons. The first-order chi connectivity index (χ1) is 17.8. The van der Waals surface area contributed by atoms with Crippen molar-refractivity contribution < 1.29 is 27.5 Å². The molecule has 0 atom stereocenters. The number of thiazole rings is 1. The number of hydrogen-bond donors (Lipinski definition) is 0. The summed E-state index contributed by atoms with van der Waals surface area (Å²) in [4.78, 5) is 29.7. The van der Waals surface area contributed by atoms with Gasteiger partial charge in [-0.15, -0.1) is 0 Å². The molecular weight excluding hydrogens is 514 g/mol. The lowest BCUT2D eigenvalue weighted by Gasteiger charge is -2.19. The van der Waals surface area contributed by atoms with E-state index in [1.165, 1.54) is 54.1 Å². The Balaban J connectivity index is 1.70. The summed E-state index contributed by atoms with van der Waals surface area (Å²) in [6.07, 6.45) is 0. The van der Waals surface area contributed by atoms with Gasteiger partial charge in [0.2, 0.25) is 0 Å². The Kier molecular flexibility index (Phi) is 7.74. The molecule has 0 bridgehead atoms. The van der Waals surface area contributed by atoms with Gasteiger partial charge in [-0.05, 0) is 55.5 Å². The minimum absolute atomic E-state index is 0.0411. The molecule has 0 aliphatic rings.